The molecule has 116 valence electrons. The molecule has 0 heterocycles. The van der Waals surface area contributed by atoms with Crippen LogP contribution < -0.4 is 5.32 Å². The third-order valence-corrected chi connectivity index (χ3v) is 3.91. The van der Waals surface area contributed by atoms with E-state index in [1.165, 1.54) is 11.8 Å². The lowest BCUT2D eigenvalue weighted by Crippen LogP contribution is -2.34. The molecule has 0 radical (unpaired) electrons. The molecule has 0 bridgehead atoms. The first-order chi connectivity index (χ1) is 9.77. The molecular weight excluding hydrogens is 280 g/mol. The van der Waals surface area contributed by atoms with E-state index in [2.05, 4.69) is 10.7 Å². The first-order valence-electron chi connectivity index (χ1n) is 7.20. The van der Waals surface area contributed by atoms with Crippen molar-refractivity contribution in [2.75, 3.05) is 0 Å². The van der Waals surface area contributed by atoms with Gasteiger partial charge in [-0.3, -0.25) is 4.79 Å². The quantitative estimate of drug-likeness (QED) is 0.657. The molecule has 0 aliphatic heterocycles. The predicted molar refractivity (Wildman–Crippen MR) is 90.0 cm³/mol. The molecule has 0 fully saturated rings. The molecule has 0 aromatic heterocycles. The van der Waals surface area contributed by atoms with Gasteiger partial charge in [-0.15, -0.1) is 0 Å². The van der Waals surface area contributed by atoms with E-state index in [9.17, 15) is 4.79 Å². The number of amides is 1. The average molecular weight is 306 g/mol. The molecule has 0 saturated carbocycles. The van der Waals surface area contributed by atoms with Crippen LogP contribution in [-0.4, -0.2) is 5.91 Å². The first kappa shape index (κ1) is 19.5. The van der Waals surface area contributed by atoms with Crippen molar-refractivity contribution in [1.29, 1.82) is 5.26 Å². The molecule has 3 nitrogen and oxygen atoms in total. The second-order valence-corrected chi connectivity index (χ2v) is 6.42. The summed E-state index contributed by atoms with van der Waals surface area (Å²) in [5.74, 6) is 0.0296. The van der Waals surface area contributed by atoms with Crippen LogP contribution in [0.25, 0.3) is 0 Å². The van der Waals surface area contributed by atoms with Crippen LogP contribution in [-0.2, 0) is 11.3 Å². The molecule has 0 aliphatic carbocycles. The fourth-order valence-electron chi connectivity index (χ4n) is 1.70. The zero-order valence-electron chi connectivity index (χ0n) is 14.1. The van der Waals surface area contributed by atoms with E-state index >= 15 is 0 Å². The third-order valence-electron chi connectivity index (χ3n) is 2.98. The van der Waals surface area contributed by atoms with Crippen LogP contribution in [0.1, 0.15) is 51.3 Å². The SMILES string of the molecule is CC.Cc1ccc(CNC(=O)C(C)(C)C)c(C)c1SC#N. The molecule has 1 aromatic rings. The van der Waals surface area contributed by atoms with Gasteiger partial charge in [0.25, 0.3) is 0 Å². The van der Waals surface area contributed by atoms with E-state index in [1.807, 2.05) is 60.6 Å². The van der Waals surface area contributed by atoms with E-state index in [4.69, 9.17) is 5.26 Å². The lowest BCUT2D eigenvalue weighted by atomic mass is 9.95. The second kappa shape index (κ2) is 8.74. The molecule has 1 amide bonds. The largest absolute Gasteiger partial charge is 0.352 e. The zero-order chi connectivity index (χ0) is 16.6. The predicted octanol–water partition coefficient (Wildman–Crippen LogP) is 4.57. The number of nitrogens with one attached hydrogen (secondary N) is 1. The summed E-state index contributed by atoms with van der Waals surface area (Å²) in [5.41, 5.74) is 2.83. The Morgan fingerprint density at radius 2 is 1.86 bits per heavy atom. The summed E-state index contributed by atoms with van der Waals surface area (Å²) >= 11 is 1.18. The summed E-state index contributed by atoms with van der Waals surface area (Å²) in [7, 11) is 0. The standard InChI is InChI=1S/C15H20N2OS.C2H6/c1-10-6-7-12(11(2)13(10)19-9-16)8-17-14(18)15(3,4)5;1-2/h6-7H,8H2,1-5H3,(H,17,18);1-2H3. The Bertz CT molecular complexity index is 525. The monoisotopic (exact) mass is 306 g/mol. The van der Waals surface area contributed by atoms with Gasteiger partial charge in [-0.05, 0) is 42.3 Å². The van der Waals surface area contributed by atoms with E-state index in [-0.39, 0.29) is 11.3 Å². The van der Waals surface area contributed by atoms with E-state index in [0.717, 1.165) is 21.6 Å². The second-order valence-electron chi connectivity index (χ2n) is 5.62. The molecule has 4 heteroatoms. The maximum atomic E-state index is 11.9. The Morgan fingerprint density at radius 1 is 1.29 bits per heavy atom. The van der Waals surface area contributed by atoms with Crippen LogP contribution in [0.5, 0.6) is 0 Å². The first-order valence-corrected chi connectivity index (χ1v) is 8.02. The van der Waals surface area contributed by atoms with Gasteiger partial charge in [-0.2, -0.15) is 5.26 Å². The Balaban J connectivity index is 0.00000191. The maximum absolute atomic E-state index is 11.9. The van der Waals surface area contributed by atoms with Gasteiger partial charge in [0, 0.05) is 16.9 Å². The highest BCUT2D eigenvalue weighted by Crippen LogP contribution is 2.28. The summed E-state index contributed by atoms with van der Waals surface area (Å²) in [6.45, 7) is 14.2. The highest BCUT2D eigenvalue weighted by atomic mass is 32.2. The van der Waals surface area contributed by atoms with Gasteiger partial charge in [0.05, 0.1) is 0 Å². The topological polar surface area (TPSA) is 52.9 Å². The summed E-state index contributed by atoms with van der Waals surface area (Å²) in [5, 5.41) is 13.9. The molecular formula is C17H26N2OS. The number of nitriles is 1. The Kier molecular flexibility index (Phi) is 8.12. The number of rotatable bonds is 3. The smallest absolute Gasteiger partial charge is 0.225 e. The molecule has 0 atom stereocenters. The number of nitrogens with zero attached hydrogens (tertiary/aromatic N) is 1. The number of carbonyl (C=O) groups is 1. The van der Waals surface area contributed by atoms with Crippen molar-refractivity contribution < 1.29 is 4.79 Å². The number of thioether (sulfide) groups is 1. The Labute approximate surface area is 133 Å². The minimum atomic E-state index is -0.386. The van der Waals surface area contributed by atoms with Gasteiger partial charge in [0.2, 0.25) is 5.91 Å². The third kappa shape index (κ3) is 5.81. The van der Waals surface area contributed by atoms with Crippen molar-refractivity contribution >= 4 is 17.7 Å². The molecule has 0 spiro atoms. The van der Waals surface area contributed by atoms with Crippen LogP contribution in [0.3, 0.4) is 0 Å². The van der Waals surface area contributed by atoms with E-state index in [0.29, 0.717) is 6.54 Å². The van der Waals surface area contributed by atoms with E-state index in [1.54, 1.807) is 0 Å². The van der Waals surface area contributed by atoms with Gasteiger partial charge in [0.15, 0.2) is 0 Å². The van der Waals surface area contributed by atoms with Crippen molar-refractivity contribution in [3.8, 4) is 5.40 Å². The molecule has 0 unspecified atom stereocenters. The van der Waals surface area contributed by atoms with Crippen LogP contribution in [0.2, 0.25) is 0 Å². The van der Waals surface area contributed by atoms with Crippen LogP contribution in [0.15, 0.2) is 17.0 Å². The maximum Gasteiger partial charge on any atom is 0.225 e. The summed E-state index contributed by atoms with van der Waals surface area (Å²) < 4.78 is 0. The highest BCUT2D eigenvalue weighted by molar-refractivity contribution is 8.03. The summed E-state index contributed by atoms with van der Waals surface area (Å²) in [4.78, 5) is 12.8. The highest BCUT2D eigenvalue weighted by Gasteiger charge is 2.21. The number of thiocyanates is 1. The van der Waals surface area contributed by atoms with Gasteiger partial charge < -0.3 is 5.32 Å². The molecule has 0 aliphatic rings. The lowest BCUT2D eigenvalue weighted by Gasteiger charge is -2.19. The molecule has 21 heavy (non-hydrogen) atoms. The Hall–Kier alpha value is -1.47. The number of carbonyl (C=O) groups excluding carboxylic acids is 1. The molecule has 1 aromatic carbocycles. The summed E-state index contributed by atoms with van der Waals surface area (Å²) in [6, 6.07) is 4.00. The molecule has 1 rings (SSSR count). The van der Waals surface area contributed by atoms with Crippen molar-refractivity contribution in [3.63, 3.8) is 0 Å². The molecule has 0 saturated heterocycles. The van der Waals surface area contributed by atoms with Crippen molar-refractivity contribution in [3.05, 3.63) is 28.8 Å². The minimum absolute atomic E-state index is 0.0296. The van der Waals surface area contributed by atoms with Crippen LogP contribution >= 0.6 is 11.8 Å². The minimum Gasteiger partial charge on any atom is -0.352 e. The fourth-order valence-corrected chi connectivity index (χ4v) is 2.31. The lowest BCUT2D eigenvalue weighted by molar-refractivity contribution is -0.128. The van der Waals surface area contributed by atoms with Gasteiger partial charge >= 0.3 is 0 Å². The average Bonchev–Trinajstić information content (AvgIpc) is 2.43. The number of hydrogen-bond donors (Lipinski definition) is 1. The van der Waals surface area contributed by atoms with Gasteiger partial charge in [-0.1, -0.05) is 46.8 Å². The number of hydrogen-bond acceptors (Lipinski definition) is 3. The van der Waals surface area contributed by atoms with Crippen molar-refractivity contribution in [1.82, 2.24) is 5.32 Å². The van der Waals surface area contributed by atoms with Gasteiger partial charge in [-0.25, -0.2) is 0 Å². The van der Waals surface area contributed by atoms with Crippen molar-refractivity contribution in [2.45, 2.75) is 59.9 Å². The van der Waals surface area contributed by atoms with E-state index < -0.39 is 0 Å². The van der Waals surface area contributed by atoms with Gasteiger partial charge in [0.1, 0.15) is 5.40 Å². The fraction of sp³-hybridized carbons (Fsp3) is 0.529. The Morgan fingerprint density at radius 3 is 2.33 bits per heavy atom. The van der Waals surface area contributed by atoms with Crippen LogP contribution in [0, 0.1) is 29.9 Å². The summed E-state index contributed by atoms with van der Waals surface area (Å²) in [6.07, 6.45) is 0. The van der Waals surface area contributed by atoms with Crippen molar-refractivity contribution in [2.24, 2.45) is 5.41 Å². The zero-order valence-corrected chi connectivity index (χ0v) is 14.9. The number of aryl methyl sites for hydroxylation is 1. The molecule has 1 N–H and O–H groups in total. The normalized spacial score (nSPS) is 10.2. The van der Waals surface area contributed by atoms with Crippen LogP contribution in [0.4, 0.5) is 0 Å². The number of benzene rings is 1.